The third-order valence-electron chi connectivity index (χ3n) is 0. The van der Waals surface area contributed by atoms with E-state index in [9.17, 15) is 0 Å². The van der Waals surface area contributed by atoms with E-state index >= 15 is 0 Å². The molecule has 22 valence electrons. The molecule has 0 unspecified atom stereocenters. The predicted molar refractivity (Wildman–Crippen MR) is 22.5 cm³/mol. The van der Waals surface area contributed by atoms with Crippen molar-refractivity contribution in [3.05, 3.63) is 0 Å². The monoisotopic (exact) mass is 226 g/mol. The van der Waals surface area contributed by atoms with Crippen LogP contribution in [0.2, 0.25) is 0 Å². The number of rotatable bonds is 0. The van der Waals surface area contributed by atoms with Crippen molar-refractivity contribution in [2.45, 2.75) is 0 Å². The van der Waals surface area contributed by atoms with Gasteiger partial charge in [0.15, 0.2) is 0 Å². The molecule has 0 saturated carbocycles. The average molecular weight is 228 g/mol. The van der Waals surface area contributed by atoms with Crippen LogP contribution in [0.3, 0.4) is 0 Å². The van der Waals surface area contributed by atoms with Crippen molar-refractivity contribution in [3.63, 3.8) is 0 Å². The topological polar surface area (TPSA) is 0 Å². The zero-order chi connectivity index (χ0) is 0. The first-order valence-electron chi connectivity index (χ1n) is 0. The van der Waals surface area contributed by atoms with Crippen LogP contribution >= 0.6 is 24.8 Å². The first-order chi connectivity index (χ1) is 0. The third kappa shape index (κ3) is 8.82. The number of hydrogen-bond acceptors (Lipinski definition) is 0. The molecule has 0 rings (SSSR count). The third-order valence-corrected chi connectivity index (χ3v) is 0. The summed E-state index contributed by atoms with van der Waals surface area (Å²) in [6.45, 7) is 0. The van der Waals surface area contributed by atoms with Crippen molar-refractivity contribution in [2.75, 3.05) is 0 Å². The van der Waals surface area contributed by atoms with Crippen LogP contribution in [0, 0.1) is 0 Å². The Morgan fingerprint density at radius 1 is 1.00 bits per heavy atom. The van der Waals surface area contributed by atoms with Gasteiger partial charge in [-0.3, -0.25) is 0 Å². The Morgan fingerprint density at radius 2 is 1.00 bits per heavy atom. The Kier molecular flexibility index (Phi) is 130. The van der Waals surface area contributed by atoms with Gasteiger partial charge in [0, 0.05) is 19.5 Å². The maximum Gasteiger partial charge on any atom is 2.00 e. The molecule has 0 fully saturated rings. The van der Waals surface area contributed by atoms with Gasteiger partial charge in [0.1, 0.15) is 0 Å². The van der Waals surface area contributed by atoms with Gasteiger partial charge in [0.05, 0.1) is 0 Å². The summed E-state index contributed by atoms with van der Waals surface area (Å²) in [5, 5.41) is 0. The summed E-state index contributed by atoms with van der Waals surface area (Å²) in [7, 11) is 0. The second kappa shape index (κ2) is 17.3. The molecule has 0 nitrogen and oxygen atoms in total. The molecule has 4 heavy (non-hydrogen) atoms. The molecule has 0 heterocycles. The van der Waals surface area contributed by atoms with Crippen molar-refractivity contribution >= 4 is 70.3 Å². The van der Waals surface area contributed by atoms with Crippen LogP contribution in [-0.2, 0) is 19.5 Å². The van der Waals surface area contributed by atoms with Crippen LogP contribution in [0.5, 0.6) is 0 Å². The van der Waals surface area contributed by atoms with Crippen LogP contribution in [0.15, 0.2) is 0 Å². The second-order valence-electron chi connectivity index (χ2n) is 0. The molecular weight excluding hydrogens is 224 g/mol. The van der Waals surface area contributed by atoms with E-state index in [0.717, 1.165) is 0 Å². The summed E-state index contributed by atoms with van der Waals surface area (Å²) in [6, 6.07) is 0. The van der Waals surface area contributed by atoms with E-state index in [1.54, 1.807) is 0 Å². The summed E-state index contributed by atoms with van der Waals surface area (Å²) in [5.41, 5.74) is 0. The minimum atomic E-state index is 0. The standard InChI is InChI=1S/2ClH.Sr.Zn.2H/h2*1H;;;;/q;;+2;;2*-1. The molecule has 0 aromatic carbocycles. The molecule has 0 amide bonds. The van der Waals surface area contributed by atoms with Crippen LogP contribution in [0.1, 0.15) is 2.85 Å². The minimum Gasteiger partial charge on any atom is -1.00 e. The van der Waals surface area contributed by atoms with Crippen LogP contribution in [0.4, 0.5) is 0 Å². The van der Waals surface area contributed by atoms with E-state index in [1.165, 1.54) is 0 Å². The summed E-state index contributed by atoms with van der Waals surface area (Å²) < 4.78 is 0. The molecule has 0 bridgehead atoms. The van der Waals surface area contributed by atoms with E-state index in [2.05, 4.69) is 0 Å². The second-order valence-corrected chi connectivity index (χ2v) is 0. The molecule has 4 heteroatoms. The molecule has 0 aliphatic heterocycles. The smallest absolute Gasteiger partial charge is 1.00 e. The van der Waals surface area contributed by atoms with Gasteiger partial charge in [-0.05, 0) is 0 Å². The molecule has 0 N–H and O–H groups in total. The maximum atomic E-state index is 0. The largest absolute Gasteiger partial charge is 2.00 e. The zero-order valence-electron chi connectivity index (χ0n) is 4.23. The van der Waals surface area contributed by atoms with Gasteiger partial charge in [-0.25, -0.2) is 0 Å². The van der Waals surface area contributed by atoms with E-state index in [4.69, 9.17) is 0 Å². The Morgan fingerprint density at radius 3 is 1.00 bits per heavy atom. The fourth-order valence-electron chi connectivity index (χ4n) is 0. The van der Waals surface area contributed by atoms with Crippen molar-refractivity contribution in [2.24, 2.45) is 0 Å². The SMILES string of the molecule is Cl.Cl.[H-].[H-].[Sr+2].[Zn]. The molecular formula is H4Cl2SrZn. The first kappa shape index (κ1) is 30.0. The van der Waals surface area contributed by atoms with E-state index in [-0.39, 0.29) is 92.6 Å². The maximum absolute atomic E-state index is 0. The Bertz CT molecular complexity index is 11.5. The van der Waals surface area contributed by atoms with Gasteiger partial charge in [-0.1, -0.05) is 0 Å². The van der Waals surface area contributed by atoms with E-state index < -0.39 is 0 Å². The van der Waals surface area contributed by atoms with Crippen molar-refractivity contribution in [3.8, 4) is 0 Å². The summed E-state index contributed by atoms with van der Waals surface area (Å²) in [4.78, 5) is 0. The molecule has 0 atom stereocenters. The zero-order valence-corrected chi connectivity index (χ0v) is 10.3. The molecule has 0 radical (unpaired) electrons. The number of halogens is 2. The van der Waals surface area contributed by atoms with Gasteiger partial charge >= 0.3 is 45.5 Å². The van der Waals surface area contributed by atoms with Crippen molar-refractivity contribution < 1.29 is 22.3 Å². The Labute approximate surface area is 90.9 Å². The van der Waals surface area contributed by atoms with Crippen molar-refractivity contribution in [1.82, 2.24) is 0 Å². The Balaban J connectivity index is 0. The molecule has 0 saturated heterocycles. The Hall–Kier alpha value is 2.68. The molecule has 0 aliphatic carbocycles. The summed E-state index contributed by atoms with van der Waals surface area (Å²) in [5.74, 6) is 0. The van der Waals surface area contributed by atoms with Gasteiger partial charge in [-0.2, -0.15) is 0 Å². The number of hydrogen-bond donors (Lipinski definition) is 0. The molecule has 0 aromatic rings. The first-order valence-corrected chi connectivity index (χ1v) is 0. The van der Waals surface area contributed by atoms with E-state index in [1.807, 2.05) is 0 Å². The van der Waals surface area contributed by atoms with Crippen LogP contribution in [-0.4, -0.2) is 45.5 Å². The molecule has 0 aliphatic rings. The average Bonchev–Trinajstić information content (AvgIpc) is 0. The van der Waals surface area contributed by atoms with E-state index in [0.29, 0.717) is 0 Å². The fourth-order valence-corrected chi connectivity index (χ4v) is 0. The van der Waals surface area contributed by atoms with Crippen LogP contribution in [0.25, 0.3) is 0 Å². The minimum absolute atomic E-state index is 0. The normalized spacial score (nSPS) is 0. The molecule has 0 spiro atoms. The summed E-state index contributed by atoms with van der Waals surface area (Å²) >= 11 is 0. The van der Waals surface area contributed by atoms with Crippen LogP contribution < -0.4 is 0 Å². The van der Waals surface area contributed by atoms with Gasteiger partial charge < -0.3 is 2.85 Å². The predicted octanol–water partition coefficient (Wildman–Crippen LogP) is 0.685. The molecule has 0 aromatic heterocycles. The summed E-state index contributed by atoms with van der Waals surface area (Å²) in [6.07, 6.45) is 0. The van der Waals surface area contributed by atoms with Gasteiger partial charge in [-0.15, -0.1) is 24.8 Å². The van der Waals surface area contributed by atoms with Gasteiger partial charge in [0.25, 0.3) is 0 Å². The van der Waals surface area contributed by atoms with Crippen molar-refractivity contribution in [1.29, 1.82) is 0 Å². The fraction of sp³-hybridized carbons (Fsp3) is 0. The van der Waals surface area contributed by atoms with Gasteiger partial charge in [0.2, 0.25) is 0 Å². The quantitative estimate of drug-likeness (QED) is 0.535.